The van der Waals surface area contributed by atoms with Crippen LogP contribution in [-0.2, 0) is 0 Å². The van der Waals surface area contributed by atoms with Crippen LogP contribution >= 0.6 is 23.2 Å². The van der Waals surface area contributed by atoms with Gasteiger partial charge in [-0.15, -0.1) is 0 Å². The largest absolute Gasteiger partial charge is 0.369 e. The Morgan fingerprint density at radius 3 is 2.42 bits per heavy atom. The molecule has 0 aromatic carbocycles. The first kappa shape index (κ1) is 16.4. The molecule has 5 heteroatoms. The molecule has 108 valence electrons. The van der Waals surface area contributed by atoms with E-state index in [1.54, 1.807) is 6.07 Å². The average molecular weight is 304 g/mol. The minimum Gasteiger partial charge on any atom is -0.369 e. The number of nitrogens with zero attached hydrogens (tertiary/aromatic N) is 2. The van der Waals surface area contributed by atoms with Crippen molar-refractivity contribution in [3.63, 3.8) is 0 Å². The molecule has 1 rings (SSSR count). The Balaban J connectivity index is 3.01. The average Bonchev–Trinajstić information content (AvgIpc) is 2.31. The van der Waals surface area contributed by atoms with Gasteiger partial charge < -0.3 is 10.2 Å². The van der Waals surface area contributed by atoms with Gasteiger partial charge in [-0.1, -0.05) is 37.0 Å². The molecule has 1 aromatic heterocycles. The quantitative estimate of drug-likeness (QED) is 0.826. The second-order valence-electron chi connectivity index (χ2n) is 5.24. The fraction of sp³-hybridized carbons (Fsp3) is 0.643. The smallest absolute Gasteiger partial charge is 0.149 e. The molecular weight excluding hydrogens is 281 g/mol. The lowest BCUT2D eigenvalue weighted by molar-refractivity contribution is 0.502. The van der Waals surface area contributed by atoms with Crippen LogP contribution in [0.25, 0.3) is 0 Å². The number of pyridine rings is 1. The Labute approximate surface area is 126 Å². The van der Waals surface area contributed by atoms with Crippen molar-refractivity contribution in [1.82, 2.24) is 4.98 Å². The summed E-state index contributed by atoms with van der Waals surface area (Å²) in [5, 5.41) is 4.29. The van der Waals surface area contributed by atoms with E-state index < -0.39 is 0 Å². The number of hydrogen-bond acceptors (Lipinski definition) is 3. The van der Waals surface area contributed by atoms with E-state index in [0.717, 1.165) is 18.8 Å². The molecule has 0 aliphatic heterocycles. The van der Waals surface area contributed by atoms with Gasteiger partial charge in [0.05, 0.1) is 10.0 Å². The highest BCUT2D eigenvalue weighted by Gasteiger charge is 2.17. The minimum atomic E-state index is 0.376. The lowest BCUT2D eigenvalue weighted by atomic mass is 10.0. The molecule has 1 N–H and O–H groups in total. The third kappa shape index (κ3) is 4.43. The van der Waals surface area contributed by atoms with Crippen LogP contribution in [-0.4, -0.2) is 24.6 Å². The Kier molecular flexibility index (Phi) is 6.21. The van der Waals surface area contributed by atoms with Crippen molar-refractivity contribution in [2.45, 2.75) is 40.2 Å². The Hall–Kier alpha value is -0.670. The van der Waals surface area contributed by atoms with Crippen LogP contribution in [0.1, 0.15) is 34.1 Å². The molecule has 1 unspecified atom stereocenters. The van der Waals surface area contributed by atoms with Crippen molar-refractivity contribution >= 4 is 34.8 Å². The van der Waals surface area contributed by atoms with Crippen LogP contribution in [0, 0.1) is 5.92 Å². The normalized spacial score (nSPS) is 12.6. The first-order chi connectivity index (χ1) is 8.86. The van der Waals surface area contributed by atoms with Crippen LogP contribution in [0.2, 0.25) is 10.0 Å². The van der Waals surface area contributed by atoms with E-state index in [-0.39, 0.29) is 0 Å². The summed E-state index contributed by atoms with van der Waals surface area (Å²) < 4.78 is 0. The molecule has 3 nitrogen and oxygen atoms in total. The molecule has 0 amide bonds. The summed E-state index contributed by atoms with van der Waals surface area (Å²) in [7, 11) is 2.02. The van der Waals surface area contributed by atoms with Gasteiger partial charge in [0, 0.05) is 19.6 Å². The summed E-state index contributed by atoms with van der Waals surface area (Å²) in [5.41, 5.74) is 0. The molecule has 0 saturated carbocycles. The maximum absolute atomic E-state index is 6.26. The van der Waals surface area contributed by atoms with Gasteiger partial charge in [-0.25, -0.2) is 4.98 Å². The summed E-state index contributed by atoms with van der Waals surface area (Å²) in [5.74, 6) is 2.10. The zero-order valence-electron chi connectivity index (χ0n) is 12.3. The lowest BCUT2D eigenvalue weighted by Crippen LogP contribution is -2.31. The van der Waals surface area contributed by atoms with E-state index in [2.05, 4.69) is 36.0 Å². The topological polar surface area (TPSA) is 28.2 Å². The highest BCUT2D eigenvalue weighted by molar-refractivity contribution is 6.37. The summed E-state index contributed by atoms with van der Waals surface area (Å²) >= 11 is 12.4. The maximum Gasteiger partial charge on any atom is 0.149 e. The lowest BCUT2D eigenvalue weighted by Gasteiger charge is -2.28. The Bertz CT molecular complexity index is 421. The maximum atomic E-state index is 6.26. The molecule has 1 heterocycles. The van der Waals surface area contributed by atoms with Gasteiger partial charge in [0.1, 0.15) is 11.6 Å². The van der Waals surface area contributed by atoms with E-state index in [9.17, 15) is 0 Å². The van der Waals surface area contributed by atoms with E-state index in [0.29, 0.717) is 27.8 Å². The molecular formula is C14H23Cl2N3. The van der Waals surface area contributed by atoms with E-state index >= 15 is 0 Å². The van der Waals surface area contributed by atoms with Gasteiger partial charge in [0.15, 0.2) is 0 Å². The fourth-order valence-corrected chi connectivity index (χ4v) is 2.60. The molecule has 19 heavy (non-hydrogen) atoms. The molecule has 0 aliphatic carbocycles. The van der Waals surface area contributed by atoms with Crippen LogP contribution in [0.4, 0.5) is 11.6 Å². The van der Waals surface area contributed by atoms with Crippen LogP contribution in [0.5, 0.6) is 0 Å². The number of hydrogen-bond donors (Lipinski definition) is 1. The van der Waals surface area contributed by atoms with E-state index in [4.69, 9.17) is 23.2 Å². The predicted octanol–water partition coefficient (Wildman–Crippen LogP) is 4.69. The van der Waals surface area contributed by atoms with Gasteiger partial charge in [-0.2, -0.15) is 0 Å². The molecule has 0 spiro atoms. The Morgan fingerprint density at radius 1 is 1.26 bits per heavy atom. The molecule has 1 atom stereocenters. The first-order valence-corrected chi connectivity index (χ1v) is 7.45. The molecule has 0 saturated heterocycles. The summed E-state index contributed by atoms with van der Waals surface area (Å²) in [6.07, 6.45) is 1.09. The van der Waals surface area contributed by atoms with Gasteiger partial charge in [-0.05, 0) is 32.3 Å². The van der Waals surface area contributed by atoms with Crippen molar-refractivity contribution in [2.24, 2.45) is 5.92 Å². The predicted molar refractivity (Wildman–Crippen MR) is 85.7 cm³/mol. The second-order valence-corrected chi connectivity index (χ2v) is 6.06. The molecule has 0 fully saturated rings. The van der Waals surface area contributed by atoms with Gasteiger partial charge in [0.25, 0.3) is 0 Å². The van der Waals surface area contributed by atoms with Crippen LogP contribution in [0.15, 0.2) is 6.07 Å². The Morgan fingerprint density at radius 2 is 1.89 bits per heavy atom. The van der Waals surface area contributed by atoms with Gasteiger partial charge in [0.2, 0.25) is 0 Å². The molecule has 0 aliphatic rings. The monoisotopic (exact) mass is 303 g/mol. The summed E-state index contributed by atoms with van der Waals surface area (Å²) in [6, 6.07) is 2.13. The third-order valence-electron chi connectivity index (χ3n) is 3.06. The van der Waals surface area contributed by atoms with Gasteiger partial charge in [-0.3, -0.25) is 0 Å². The third-order valence-corrected chi connectivity index (χ3v) is 3.63. The van der Waals surface area contributed by atoms with Crippen molar-refractivity contribution in [1.29, 1.82) is 0 Å². The zero-order valence-corrected chi connectivity index (χ0v) is 13.8. The van der Waals surface area contributed by atoms with Crippen molar-refractivity contribution in [3.05, 3.63) is 16.1 Å². The first-order valence-electron chi connectivity index (χ1n) is 6.69. The van der Waals surface area contributed by atoms with E-state index in [1.807, 2.05) is 14.0 Å². The number of anilines is 2. The van der Waals surface area contributed by atoms with Crippen molar-refractivity contribution in [2.75, 3.05) is 23.8 Å². The van der Waals surface area contributed by atoms with E-state index in [1.165, 1.54) is 0 Å². The van der Waals surface area contributed by atoms with Crippen molar-refractivity contribution in [3.8, 4) is 0 Å². The molecule has 0 bridgehead atoms. The van der Waals surface area contributed by atoms with Crippen LogP contribution < -0.4 is 10.2 Å². The fourth-order valence-electron chi connectivity index (χ4n) is 2.04. The zero-order chi connectivity index (χ0) is 14.6. The standard InChI is InChI=1S/C14H23Cl2N3/c1-6-17-13-11(15)8-12(16)14(18-13)19(5)10(4)7-9(2)3/h8-10H,6-7H2,1-5H3,(H,17,18). The SMILES string of the molecule is CCNc1nc(N(C)C(C)CC(C)C)c(Cl)cc1Cl. The summed E-state index contributed by atoms with van der Waals surface area (Å²) in [4.78, 5) is 6.65. The number of halogens is 2. The molecule has 1 aromatic rings. The highest BCUT2D eigenvalue weighted by Crippen LogP contribution is 2.32. The number of rotatable bonds is 6. The highest BCUT2D eigenvalue weighted by atomic mass is 35.5. The minimum absolute atomic E-state index is 0.376. The number of aromatic nitrogens is 1. The second kappa shape index (κ2) is 7.20. The number of nitrogens with one attached hydrogen (secondary N) is 1. The van der Waals surface area contributed by atoms with Gasteiger partial charge >= 0.3 is 0 Å². The van der Waals surface area contributed by atoms with Crippen LogP contribution in [0.3, 0.4) is 0 Å². The summed E-state index contributed by atoms with van der Waals surface area (Å²) in [6.45, 7) is 9.40. The molecule has 0 radical (unpaired) electrons. The van der Waals surface area contributed by atoms with Crippen molar-refractivity contribution < 1.29 is 0 Å².